The van der Waals surface area contributed by atoms with E-state index in [9.17, 15) is 9.18 Å². The van der Waals surface area contributed by atoms with Crippen LogP contribution in [-0.4, -0.2) is 18.5 Å². The predicted molar refractivity (Wildman–Crippen MR) is 52.1 cm³/mol. The molecule has 0 aliphatic carbocycles. The maximum Gasteiger partial charge on any atom is 0.242 e. The van der Waals surface area contributed by atoms with Gasteiger partial charge in [0.25, 0.3) is 0 Å². The third-order valence-electron chi connectivity index (χ3n) is 1.70. The molecule has 1 aromatic rings. The summed E-state index contributed by atoms with van der Waals surface area (Å²) in [6.45, 7) is 0.0764. The van der Waals surface area contributed by atoms with Gasteiger partial charge in [-0.1, -0.05) is 0 Å². The van der Waals surface area contributed by atoms with E-state index in [-0.39, 0.29) is 18.3 Å². The van der Waals surface area contributed by atoms with Crippen molar-refractivity contribution in [1.82, 2.24) is 0 Å². The van der Waals surface area contributed by atoms with Gasteiger partial charge in [-0.15, -0.1) is 0 Å². The highest BCUT2D eigenvalue weighted by Crippen LogP contribution is 2.07. The molecule has 0 saturated carbocycles. The predicted octanol–water partition coefficient (Wildman–Crippen LogP) is 0.0502. The molecule has 4 nitrogen and oxygen atoms in total. The molecule has 0 aliphatic heterocycles. The zero-order chi connectivity index (χ0) is 10.6. The molecular weight excluding hydrogens is 185 g/mol. The highest BCUT2D eigenvalue weighted by atomic mass is 19.1. The quantitative estimate of drug-likeness (QED) is 0.640. The number of carbonyl (C=O) groups excluding carboxylic acids is 1. The second kappa shape index (κ2) is 4.69. The van der Waals surface area contributed by atoms with Gasteiger partial charge in [-0.3, -0.25) is 4.79 Å². The summed E-state index contributed by atoms with van der Waals surface area (Å²) in [5.41, 5.74) is 11.1. The van der Waals surface area contributed by atoms with Gasteiger partial charge in [0.1, 0.15) is 5.82 Å². The van der Waals surface area contributed by atoms with Crippen molar-refractivity contribution < 1.29 is 9.18 Å². The van der Waals surface area contributed by atoms with Crippen molar-refractivity contribution in [2.75, 3.05) is 11.9 Å². The lowest BCUT2D eigenvalue weighted by molar-refractivity contribution is -0.117. The first-order chi connectivity index (χ1) is 6.63. The van der Waals surface area contributed by atoms with Gasteiger partial charge in [0.05, 0.1) is 6.04 Å². The number of hydrogen-bond donors (Lipinski definition) is 3. The van der Waals surface area contributed by atoms with Gasteiger partial charge in [-0.2, -0.15) is 0 Å². The lowest BCUT2D eigenvalue weighted by atomic mass is 10.2. The Morgan fingerprint density at radius 1 is 1.43 bits per heavy atom. The van der Waals surface area contributed by atoms with Gasteiger partial charge in [0, 0.05) is 12.2 Å². The Balaban J connectivity index is 2.60. The Bertz CT molecular complexity index is 312. The van der Waals surface area contributed by atoms with Crippen LogP contribution in [0.3, 0.4) is 0 Å². The summed E-state index contributed by atoms with van der Waals surface area (Å²) in [6, 6.07) is 4.68. The molecule has 0 fully saturated rings. The van der Waals surface area contributed by atoms with Crippen LogP contribution in [0.4, 0.5) is 10.1 Å². The van der Waals surface area contributed by atoms with Crippen molar-refractivity contribution in [2.24, 2.45) is 11.5 Å². The second-order valence-electron chi connectivity index (χ2n) is 2.84. The maximum absolute atomic E-state index is 12.5. The lowest BCUT2D eigenvalue weighted by Crippen LogP contribution is -2.41. The average molecular weight is 197 g/mol. The van der Waals surface area contributed by atoms with Crippen LogP contribution < -0.4 is 16.8 Å². The standard InChI is InChI=1S/C9H12FN3O/c10-6-1-3-7(4-2-6)13-9(14)8(12)5-11/h1-4,8H,5,11-12H2,(H,13,14). The summed E-state index contributed by atoms with van der Waals surface area (Å²) in [5, 5.41) is 2.51. The molecule has 0 saturated heterocycles. The van der Waals surface area contributed by atoms with E-state index < -0.39 is 6.04 Å². The summed E-state index contributed by atoms with van der Waals surface area (Å²) in [7, 11) is 0. The molecule has 0 aromatic heterocycles. The Kier molecular flexibility index (Phi) is 3.55. The summed E-state index contributed by atoms with van der Waals surface area (Å²) >= 11 is 0. The maximum atomic E-state index is 12.5. The van der Waals surface area contributed by atoms with Crippen molar-refractivity contribution in [1.29, 1.82) is 0 Å². The van der Waals surface area contributed by atoms with Gasteiger partial charge in [0.2, 0.25) is 5.91 Å². The third kappa shape index (κ3) is 2.79. The Hall–Kier alpha value is -1.46. The van der Waals surface area contributed by atoms with Crippen LogP contribution in [0.1, 0.15) is 0 Å². The van der Waals surface area contributed by atoms with Crippen molar-refractivity contribution in [3.8, 4) is 0 Å². The fraction of sp³-hybridized carbons (Fsp3) is 0.222. The van der Waals surface area contributed by atoms with E-state index in [4.69, 9.17) is 11.5 Å². The minimum absolute atomic E-state index is 0.0764. The number of nitrogens with one attached hydrogen (secondary N) is 1. The van der Waals surface area contributed by atoms with Gasteiger partial charge in [0.15, 0.2) is 0 Å². The number of benzene rings is 1. The van der Waals surface area contributed by atoms with E-state index in [2.05, 4.69) is 5.32 Å². The number of rotatable bonds is 3. The molecule has 0 aliphatic rings. The molecule has 5 N–H and O–H groups in total. The molecule has 1 amide bonds. The first kappa shape index (κ1) is 10.6. The summed E-state index contributed by atoms with van der Waals surface area (Å²) < 4.78 is 12.5. The topological polar surface area (TPSA) is 81.1 Å². The minimum Gasteiger partial charge on any atom is -0.328 e. The summed E-state index contributed by atoms with van der Waals surface area (Å²) in [4.78, 5) is 11.2. The number of hydrogen-bond acceptors (Lipinski definition) is 3. The number of carbonyl (C=O) groups is 1. The number of halogens is 1. The van der Waals surface area contributed by atoms with E-state index in [0.29, 0.717) is 5.69 Å². The van der Waals surface area contributed by atoms with E-state index in [1.54, 1.807) is 0 Å². The van der Waals surface area contributed by atoms with E-state index in [0.717, 1.165) is 0 Å². The number of amides is 1. The minimum atomic E-state index is -0.736. The van der Waals surface area contributed by atoms with Crippen LogP contribution in [0.5, 0.6) is 0 Å². The molecule has 1 rings (SSSR count). The Morgan fingerprint density at radius 3 is 2.50 bits per heavy atom. The molecule has 0 heterocycles. The Morgan fingerprint density at radius 2 is 2.00 bits per heavy atom. The number of nitrogens with two attached hydrogens (primary N) is 2. The first-order valence-corrected chi connectivity index (χ1v) is 4.15. The molecule has 5 heteroatoms. The number of anilines is 1. The zero-order valence-corrected chi connectivity index (χ0v) is 7.53. The molecule has 1 atom stereocenters. The molecule has 0 radical (unpaired) electrons. The monoisotopic (exact) mass is 197 g/mol. The molecular formula is C9H12FN3O. The zero-order valence-electron chi connectivity index (χ0n) is 7.53. The van der Waals surface area contributed by atoms with Crippen LogP contribution in [0.15, 0.2) is 24.3 Å². The van der Waals surface area contributed by atoms with Crippen LogP contribution in [0, 0.1) is 5.82 Å². The van der Waals surface area contributed by atoms with Crippen molar-refractivity contribution in [3.63, 3.8) is 0 Å². The SMILES string of the molecule is NCC(N)C(=O)Nc1ccc(F)cc1. The van der Waals surface area contributed by atoms with Gasteiger partial charge in [-0.05, 0) is 24.3 Å². The fourth-order valence-electron chi connectivity index (χ4n) is 0.875. The van der Waals surface area contributed by atoms with E-state index in [1.165, 1.54) is 24.3 Å². The molecule has 76 valence electrons. The van der Waals surface area contributed by atoms with Gasteiger partial charge in [-0.25, -0.2) is 4.39 Å². The fourth-order valence-corrected chi connectivity index (χ4v) is 0.875. The molecule has 14 heavy (non-hydrogen) atoms. The van der Waals surface area contributed by atoms with Gasteiger partial charge >= 0.3 is 0 Å². The van der Waals surface area contributed by atoms with Crippen LogP contribution in [-0.2, 0) is 4.79 Å². The van der Waals surface area contributed by atoms with Crippen molar-refractivity contribution in [3.05, 3.63) is 30.1 Å². The highest BCUT2D eigenvalue weighted by molar-refractivity contribution is 5.94. The molecule has 1 aromatic carbocycles. The first-order valence-electron chi connectivity index (χ1n) is 4.15. The average Bonchev–Trinajstić information content (AvgIpc) is 2.20. The van der Waals surface area contributed by atoms with Crippen LogP contribution in [0.2, 0.25) is 0 Å². The molecule has 0 spiro atoms. The normalized spacial score (nSPS) is 12.2. The van der Waals surface area contributed by atoms with E-state index in [1.807, 2.05) is 0 Å². The lowest BCUT2D eigenvalue weighted by Gasteiger charge is -2.09. The second-order valence-corrected chi connectivity index (χ2v) is 2.84. The third-order valence-corrected chi connectivity index (χ3v) is 1.70. The summed E-state index contributed by atoms with van der Waals surface area (Å²) in [6.07, 6.45) is 0. The highest BCUT2D eigenvalue weighted by Gasteiger charge is 2.10. The van der Waals surface area contributed by atoms with Gasteiger partial charge < -0.3 is 16.8 Å². The largest absolute Gasteiger partial charge is 0.328 e. The van der Waals surface area contributed by atoms with Crippen LogP contribution >= 0.6 is 0 Å². The smallest absolute Gasteiger partial charge is 0.242 e. The molecule has 0 bridgehead atoms. The van der Waals surface area contributed by atoms with E-state index >= 15 is 0 Å². The van der Waals surface area contributed by atoms with Crippen molar-refractivity contribution in [2.45, 2.75) is 6.04 Å². The van der Waals surface area contributed by atoms with Crippen molar-refractivity contribution >= 4 is 11.6 Å². The summed E-state index contributed by atoms with van der Waals surface area (Å²) in [5.74, 6) is -0.731. The van der Waals surface area contributed by atoms with Crippen LogP contribution in [0.25, 0.3) is 0 Å². The molecule has 1 unspecified atom stereocenters. The Labute approximate surface area is 81.1 Å².